The van der Waals surface area contributed by atoms with Crippen LogP contribution in [-0.4, -0.2) is 67.6 Å². The maximum Gasteiger partial charge on any atom is 0.191 e. The van der Waals surface area contributed by atoms with Crippen molar-refractivity contribution >= 4 is 5.96 Å². The number of guanidine groups is 1. The summed E-state index contributed by atoms with van der Waals surface area (Å²) in [5.41, 5.74) is 2.34. The second-order valence-electron chi connectivity index (χ2n) is 6.80. The minimum absolute atomic E-state index is 0.605. The summed E-state index contributed by atoms with van der Waals surface area (Å²) >= 11 is 0. The Morgan fingerprint density at radius 2 is 2.00 bits per heavy atom. The van der Waals surface area contributed by atoms with Crippen LogP contribution < -0.4 is 10.6 Å². The molecule has 0 aliphatic rings. The molecule has 7 heteroatoms. The Morgan fingerprint density at radius 1 is 1.18 bits per heavy atom. The van der Waals surface area contributed by atoms with Crippen LogP contribution in [0.25, 0.3) is 0 Å². The predicted octanol–water partition coefficient (Wildman–Crippen LogP) is 1.95. The normalized spacial score (nSPS) is 11.8. The number of aliphatic imine (C=N–C) groups is 1. The fourth-order valence-electron chi connectivity index (χ4n) is 2.81. The lowest BCUT2D eigenvalue weighted by molar-refractivity contribution is 0.180. The van der Waals surface area contributed by atoms with Gasteiger partial charge < -0.3 is 20.3 Å². The van der Waals surface area contributed by atoms with Crippen molar-refractivity contribution in [1.29, 1.82) is 0 Å². The van der Waals surface area contributed by atoms with Crippen molar-refractivity contribution in [3.63, 3.8) is 0 Å². The molecule has 0 radical (unpaired) electrons. The van der Waals surface area contributed by atoms with E-state index in [9.17, 15) is 0 Å². The van der Waals surface area contributed by atoms with Gasteiger partial charge in [-0.05, 0) is 26.0 Å². The molecule has 1 aromatic heterocycles. The van der Waals surface area contributed by atoms with Gasteiger partial charge in [0.2, 0.25) is 0 Å². The summed E-state index contributed by atoms with van der Waals surface area (Å²) in [6.45, 7) is 7.94. The molecule has 0 aliphatic carbocycles. The molecular formula is C21H34N6O. The number of nitrogens with zero attached hydrogens (tertiary/aromatic N) is 4. The van der Waals surface area contributed by atoms with Gasteiger partial charge in [0.05, 0.1) is 19.3 Å². The number of hydrogen-bond acceptors (Lipinski definition) is 4. The molecule has 2 N–H and O–H groups in total. The Hall–Kier alpha value is -2.38. The molecule has 0 aliphatic heterocycles. The molecule has 0 unspecified atom stereocenters. The van der Waals surface area contributed by atoms with Crippen molar-refractivity contribution in [2.24, 2.45) is 4.99 Å². The first-order valence-corrected chi connectivity index (χ1v) is 9.96. The molecule has 2 rings (SSSR count). The molecule has 7 nitrogen and oxygen atoms in total. The summed E-state index contributed by atoms with van der Waals surface area (Å²) in [6, 6.07) is 10.3. The monoisotopic (exact) mass is 386 g/mol. The van der Waals surface area contributed by atoms with Crippen LogP contribution in [-0.2, 0) is 17.8 Å². The zero-order valence-electron chi connectivity index (χ0n) is 17.4. The molecule has 2 aromatic rings. The first-order valence-electron chi connectivity index (χ1n) is 9.96. The van der Waals surface area contributed by atoms with Crippen molar-refractivity contribution in [1.82, 2.24) is 25.3 Å². The number of nitrogens with one attached hydrogen (secondary N) is 2. The van der Waals surface area contributed by atoms with Gasteiger partial charge in [-0.25, -0.2) is 4.99 Å². The predicted molar refractivity (Wildman–Crippen MR) is 115 cm³/mol. The first kappa shape index (κ1) is 21.9. The van der Waals surface area contributed by atoms with E-state index in [0.717, 1.165) is 57.3 Å². The van der Waals surface area contributed by atoms with Gasteiger partial charge >= 0.3 is 0 Å². The Labute approximate surface area is 168 Å². The molecule has 0 amide bonds. The fraction of sp³-hybridized carbons (Fsp3) is 0.524. The highest BCUT2D eigenvalue weighted by atomic mass is 16.5. The highest BCUT2D eigenvalue weighted by Gasteiger charge is 2.03. The van der Waals surface area contributed by atoms with Crippen molar-refractivity contribution in [2.45, 2.75) is 26.4 Å². The maximum absolute atomic E-state index is 5.10. The van der Waals surface area contributed by atoms with Gasteiger partial charge in [-0.3, -0.25) is 4.68 Å². The van der Waals surface area contributed by atoms with Crippen molar-refractivity contribution in [3.05, 3.63) is 53.9 Å². The van der Waals surface area contributed by atoms with Gasteiger partial charge in [-0.1, -0.05) is 30.3 Å². The zero-order chi connectivity index (χ0) is 20.0. The molecule has 0 bridgehead atoms. The number of aromatic nitrogens is 2. The van der Waals surface area contributed by atoms with Crippen molar-refractivity contribution in [2.75, 3.05) is 46.9 Å². The molecule has 0 spiro atoms. The third-order valence-corrected chi connectivity index (χ3v) is 4.31. The molecule has 154 valence electrons. The second kappa shape index (κ2) is 12.9. The Kier molecular flexibility index (Phi) is 10.1. The zero-order valence-corrected chi connectivity index (χ0v) is 17.4. The van der Waals surface area contributed by atoms with Crippen LogP contribution in [0.5, 0.6) is 0 Å². The van der Waals surface area contributed by atoms with Gasteiger partial charge in [0.15, 0.2) is 5.96 Å². The average molecular weight is 387 g/mol. The first-order chi connectivity index (χ1) is 13.7. The SMILES string of the molecule is CCNC(=NCc1cnn(Cc2ccccc2)c1)NCCN(C)CCCOC. The molecule has 0 saturated heterocycles. The quantitative estimate of drug-likeness (QED) is 0.332. The standard InChI is InChI=1S/C21H34N6O/c1-4-22-21(23-11-13-26(2)12-8-14-28-3)24-15-20-16-25-27(18-20)17-19-9-6-5-7-10-19/h5-7,9-10,16,18H,4,8,11-15,17H2,1-3H3,(H2,22,23,24). The molecule has 1 heterocycles. The van der Waals surface area contributed by atoms with E-state index in [1.165, 1.54) is 5.56 Å². The van der Waals surface area contributed by atoms with E-state index in [1.807, 2.05) is 29.1 Å². The van der Waals surface area contributed by atoms with E-state index in [4.69, 9.17) is 4.74 Å². The minimum Gasteiger partial charge on any atom is -0.385 e. The fourth-order valence-corrected chi connectivity index (χ4v) is 2.81. The lowest BCUT2D eigenvalue weighted by Gasteiger charge is -2.18. The van der Waals surface area contributed by atoms with Gasteiger partial charge in [0, 0.05) is 51.7 Å². The third kappa shape index (κ3) is 8.54. The van der Waals surface area contributed by atoms with Crippen LogP contribution in [0.15, 0.2) is 47.7 Å². The molecule has 28 heavy (non-hydrogen) atoms. The second-order valence-corrected chi connectivity index (χ2v) is 6.80. The van der Waals surface area contributed by atoms with Crippen LogP contribution >= 0.6 is 0 Å². The number of benzene rings is 1. The summed E-state index contributed by atoms with van der Waals surface area (Å²) < 4.78 is 7.05. The molecule has 0 atom stereocenters. The van der Waals surface area contributed by atoms with E-state index < -0.39 is 0 Å². The highest BCUT2D eigenvalue weighted by molar-refractivity contribution is 5.79. The molecule has 0 saturated carbocycles. The molecule has 1 aromatic carbocycles. The van der Waals surface area contributed by atoms with Crippen molar-refractivity contribution < 1.29 is 4.74 Å². The van der Waals surface area contributed by atoms with Crippen LogP contribution in [0.1, 0.15) is 24.5 Å². The lowest BCUT2D eigenvalue weighted by Crippen LogP contribution is -2.41. The summed E-state index contributed by atoms with van der Waals surface area (Å²) in [4.78, 5) is 6.97. The number of likely N-dealkylation sites (N-methyl/N-ethyl adjacent to an activating group) is 1. The van der Waals surface area contributed by atoms with E-state index in [-0.39, 0.29) is 0 Å². The minimum atomic E-state index is 0.605. The third-order valence-electron chi connectivity index (χ3n) is 4.31. The number of ether oxygens (including phenoxy) is 1. The Balaban J connectivity index is 1.78. The Bertz CT molecular complexity index is 685. The summed E-state index contributed by atoms with van der Waals surface area (Å²) in [7, 11) is 3.87. The van der Waals surface area contributed by atoms with Gasteiger partial charge in [-0.15, -0.1) is 0 Å². The topological polar surface area (TPSA) is 66.7 Å². The number of hydrogen-bond donors (Lipinski definition) is 2. The van der Waals surface area contributed by atoms with E-state index in [2.05, 4.69) is 57.9 Å². The largest absolute Gasteiger partial charge is 0.385 e. The van der Waals surface area contributed by atoms with Crippen LogP contribution in [0.4, 0.5) is 0 Å². The molecular weight excluding hydrogens is 352 g/mol. The van der Waals surface area contributed by atoms with E-state index in [0.29, 0.717) is 6.54 Å². The molecule has 0 fully saturated rings. The van der Waals surface area contributed by atoms with Crippen LogP contribution in [0, 0.1) is 0 Å². The average Bonchev–Trinajstić information content (AvgIpc) is 3.14. The Morgan fingerprint density at radius 3 is 2.75 bits per heavy atom. The maximum atomic E-state index is 5.10. The number of methoxy groups -OCH3 is 1. The van der Waals surface area contributed by atoms with Gasteiger partial charge in [-0.2, -0.15) is 5.10 Å². The smallest absolute Gasteiger partial charge is 0.191 e. The van der Waals surface area contributed by atoms with Crippen LogP contribution in [0.2, 0.25) is 0 Å². The lowest BCUT2D eigenvalue weighted by atomic mass is 10.2. The summed E-state index contributed by atoms with van der Waals surface area (Å²) in [6.07, 6.45) is 5.00. The number of rotatable bonds is 12. The van der Waals surface area contributed by atoms with E-state index in [1.54, 1.807) is 7.11 Å². The van der Waals surface area contributed by atoms with E-state index >= 15 is 0 Å². The van der Waals surface area contributed by atoms with Crippen molar-refractivity contribution in [3.8, 4) is 0 Å². The van der Waals surface area contributed by atoms with Gasteiger partial charge in [0.1, 0.15) is 0 Å². The van der Waals surface area contributed by atoms with Gasteiger partial charge in [0.25, 0.3) is 0 Å². The van der Waals surface area contributed by atoms with Crippen LogP contribution in [0.3, 0.4) is 0 Å². The summed E-state index contributed by atoms with van der Waals surface area (Å²) in [5, 5.41) is 11.1. The summed E-state index contributed by atoms with van der Waals surface area (Å²) in [5.74, 6) is 0.837. The highest BCUT2D eigenvalue weighted by Crippen LogP contribution is 2.05.